The molecule has 1 fully saturated rings. The summed E-state index contributed by atoms with van der Waals surface area (Å²) in [5.41, 5.74) is 4.10. The van der Waals surface area contributed by atoms with Crippen molar-refractivity contribution < 1.29 is 0 Å². The van der Waals surface area contributed by atoms with Crippen molar-refractivity contribution in [3.63, 3.8) is 0 Å². The fraction of sp³-hybridized carbons (Fsp3) is 0.588. The van der Waals surface area contributed by atoms with Crippen molar-refractivity contribution in [1.82, 2.24) is 24.5 Å². The molecule has 122 valence electrons. The summed E-state index contributed by atoms with van der Waals surface area (Å²) in [7, 11) is 2.06. The molecule has 1 unspecified atom stereocenters. The van der Waals surface area contributed by atoms with Gasteiger partial charge in [0.15, 0.2) is 0 Å². The largest absolute Gasteiger partial charge is 0.293 e. The van der Waals surface area contributed by atoms with Gasteiger partial charge in [-0.15, -0.1) is 0 Å². The second kappa shape index (κ2) is 5.92. The Morgan fingerprint density at radius 2 is 2.22 bits per heavy atom. The first kappa shape index (κ1) is 14.6. The summed E-state index contributed by atoms with van der Waals surface area (Å²) in [4.78, 5) is 14.4. The number of aromatic nitrogens is 4. The van der Waals surface area contributed by atoms with Gasteiger partial charge in [-0.25, -0.2) is 4.68 Å². The Bertz CT molecular complexity index is 763. The number of aryl methyl sites for hydroxylation is 2. The van der Waals surface area contributed by atoms with Crippen LogP contribution in [0.4, 0.5) is 0 Å². The second-order valence-electron chi connectivity index (χ2n) is 6.66. The van der Waals surface area contributed by atoms with E-state index in [-0.39, 0.29) is 5.56 Å². The maximum Gasteiger partial charge on any atom is 0.266 e. The molecule has 0 bridgehead atoms. The van der Waals surface area contributed by atoms with Crippen LogP contribution in [-0.4, -0.2) is 37.0 Å². The summed E-state index contributed by atoms with van der Waals surface area (Å²) < 4.78 is 3.66. The lowest BCUT2D eigenvalue weighted by Gasteiger charge is -2.25. The van der Waals surface area contributed by atoms with Gasteiger partial charge in [0.2, 0.25) is 0 Å². The molecule has 1 aliphatic carbocycles. The van der Waals surface area contributed by atoms with E-state index in [1.807, 2.05) is 0 Å². The molecule has 4 rings (SSSR count). The molecule has 1 saturated heterocycles. The average Bonchev–Trinajstić information content (AvgIpc) is 3.22. The standard InChI is InChI=1S/C17H23N5O/c1-20-16(14-6-2-7-15(14)19-20)12-21-10-4-5-13(21)11-22-17(23)8-3-9-18-22/h3,8-9,13H,2,4-7,10-12H2,1H3. The quantitative estimate of drug-likeness (QED) is 0.849. The minimum Gasteiger partial charge on any atom is -0.293 e. The second-order valence-corrected chi connectivity index (χ2v) is 6.66. The lowest BCUT2D eigenvalue weighted by Crippen LogP contribution is -2.37. The highest BCUT2D eigenvalue weighted by molar-refractivity contribution is 5.30. The van der Waals surface area contributed by atoms with Gasteiger partial charge in [0.25, 0.3) is 5.56 Å². The van der Waals surface area contributed by atoms with Crippen LogP contribution in [-0.2, 0) is 33.0 Å². The van der Waals surface area contributed by atoms with E-state index >= 15 is 0 Å². The molecule has 0 amide bonds. The summed E-state index contributed by atoms with van der Waals surface area (Å²) in [6.07, 6.45) is 7.52. The van der Waals surface area contributed by atoms with Crippen molar-refractivity contribution >= 4 is 0 Å². The van der Waals surface area contributed by atoms with Gasteiger partial charge in [0.05, 0.1) is 17.9 Å². The highest BCUT2D eigenvalue weighted by Crippen LogP contribution is 2.28. The van der Waals surface area contributed by atoms with Crippen molar-refractivity contribution in [2.45, 2.75) is 51.2 Å². The third kappa shape index (κ3) is 2.72. The Labute approximate surface area is 135 Å². The summed E-state index contributed by atoms with van der Waals surface area (Å²) in [5.74, 6) is 0. The maximum absolute atomic E-state index is 11.9. The van der Waals surface area contributed by atoms with Gasteiger partial charge in [-0.05, 0) is 50.3 Å². The van der Waals surface area contributed by atoms with Gasteiger partial charge < -0.3 is 0 Å². The van der Waals surface area contributed by atoms with Gasteiger partial charge in [0, 0.05) is 31.9 Å². The smallest absolute Gasteiger partial charge is 0.266 e. The van der Waals surface area contributed by atoms with Gasteiger partial charge in [0.1, 0.15) is 0 Å². The highest BCUT2D eigenvalue weighted by Gasteiger charge is 2.29. The van der Waals surface area contributed by atoms with Gasteiger partial charge >= 0.3 is 0 Å². The Morgan fingerprint density at radius 1 is 1.30 bits per heavy atom. The first-order valence-electron chi connectivity index (χ1n) is 8.52. The molecule has 0 radical (unpaired) electrons. The first-order chi connectivity index (χ1) is 11.2. The molecular weight excluding hydrogens is 290 g/mol. The van der Waals surface area contributed by atoms with Crippen LogP contribution in [0.3, 0.4) is 0 Å². The number of hydrogen-bond donors (Lipinski definition) is 0. The number of nitrogens with zero attached hydrogens (tertiary/aromatic N) is 5. The molecular formula is C17H23N5O. The molecule has 0 N–H and O–H groups in total. The SMILES string of the molecule is Cn1nc2c(c1CN1CCCC1Cn1ncccc1=O)CCC2. The van der Waals surface area contributed by atoms with Crippen LogP contribution in [0.5, 0.6) is 0 Å². The average molecular weight is 313 g/mol. The molecule has 1 aliphatic heterocycles. The Balaban J connectivity index is 1.53. The zero-order valence-corrected chi connectivity index (χ0v) is 13.6. The minimum atomic E-state index is -0.0132. The van der Waals surface area contributed by atoms with Crippen LogP contribution in [0.15, 0.2) is 23.1 Å². The monoisotopic (exact) mass is 313 g/mol. The normalized spacial score (nSPS) is 21.0. The molecule has 0 saturated carbocycles. The molecule has 0 aromatic carbocycles. The van der Waals surface area contributed by atoms with Crippen molar-refractivity contribution in [1.29, 1.82) is 0 Å². The fourth-order valence-electron chi connectivity index (χ4n) is 4.01. The number of likely N-dealkylation sites (tertiary alicyclic amines) is 1. The van der Waals surface area contributed by atoms with E-state index in [1.165, 1.54) is 29.8 Å². The van der Waals surface area contributed by atoms with E-state index in [4.69, 9.17) is 0 Å². The topological polar surface area (TPSA) is 56.0 Å². The summed E-state index contributed by atoms with van der Waals surface area (Å²) >= 11 is 0. The van der Waals surface area contributed by atoms with Gasteiger partial charge in [-0.3, -0.25) is 14.4 Å². The van der Waals surface area contributed by atoms with Crippen molar-refractivity contribution in [2.24, 2.45) is 7.05 Å². The Hall–Kier alpha value is -1.95. The first-order valence-corrected chi connectivity index (χ1v) is 8.52. The van der Waals surface area contributed by atoms with Crippen LogP contribution >= 0.6 is 0 Å². The molecule has 6 nitrogen and oxygen atoms in total. The predicted octanol–water partition coefficient (Wildman–Crippen LogP) is 1.13. The molecule has 6 heteroatoms. The summed E-state index contributed by atoms with van der Waals surface area (Å²) in [6.45, 7) is 2.71. The molecule has 1 atom stereocenters. The Morgan fingerprint density at radius 3 is 3.09 bits per heavy atom. The van der Waals surface area contributed by atoms with E-state index in [9.17, 15) is 4.79 Å². The van der Waals surface area contributed by atoms with E-state index in [2.05, 4.69) is 26.8 Å². The molecule has 2 aromatic rings. The number of fused-ring (bicyclic) bond motifs is 1. The van der Waals surface area contributed by atoms with Crippen molar-refractivity contribution in [3.05, 3.63) is 45.6 Å². The van der Waals surface area contributed by atoms with Crippen LogP contribution in [0.25, 0.3) is 0 Å². The molecule has 2 aromatic heterocycles. The lowest BCUT2D eigenvalue weighted by molar-refractivity contribution is 0.211. The van der Waals surface area contributed by atoms with Gasteiger partial charge in [-0.2, -0.15) is 10.2 Å². The van der Waals surface area contributed by atoms with Crippen LogP contribution in [0.2, 0.25) is 0 Å². The van der Waals surface area contributed by atoms with Crippen molar-refractivity contribution in [3.8, 4) is 0 Å². The zero-order valence-electron chi connectivity index (χ0n) is 13.6. The van der Waals surface area contributed by atoms with Gasteiger partial charge in [-0.1, -0.05) is 0 Å². The van der Waals surface area contributed by atoms with Crippen molar-refractivity contribution in [2.75, 3.05) is 6.54 Å². The number of hydrogen-bond acceptors (Lipinski definition) is 4. The minimum absolute atomic E-state index is 0.0132. The molecule has 2 aliphatic rings. The van der Waals surface area contributed by atoms with E-state index in [0.717, 1.165) is 32.4 Å². The van der Waals surface area contributed by atoms with Crippen LogP contribution in [0, 0.1) is 0 Å². The molecule has 0 spiro atoms. The molecule has 23 heavy (non-hydrogen) atoms. The van der Waals surface area contributed by atoms with E-state index in [0.29, 0.717) is 12.6 Å². The van der Waals surface area contributed by atoms with E-state index in [1.54, 1.807) is 23.0 Å². The maximum atomic E-state index is 11.9. The fourth-order valence-corrected chi connectivity index (χ4v) is 4.01. The van der Waals surface area contributed by atoms with Crippen LogP contribution < -0.4 is 5.56 Å². The lowest BCUT2D eigenvalue weighted by atomic mass is 10.1. The highest BCUT2D eigenvalue weighted by atomic mass is 16.1. The predicted molar refractivity (Wildman–Crippen MR) is 87.2 cm³/mol. The summed E-state index contributed by atoms with van der Waals surface area (Å²) in [5, 5.41) is 8.89. The molecule has 3 heterocycles. The Kier molecular flexibility index (Phi) is 3.77. The zero-order chi connectivity index (χ0) is 15.8. The third-order valence-corrected chi connectivity index (χ3v) is 5.22. The van der Waals surface area contributed by atoms with Crippen LogP contribution in [0.1, 0.15) is 36.2 Å². The third-order valence-electron chi connectivity index (χ3n) is 5.22. The van der Waals surface area contributed by atoms with E-state index < -0.39 is 0 Å². The number of rotatable bonds is 4. The summed E-state index contributed by atoms with van der Waals surface area (Å²) in [6, 6.07) is 3.67.